The highest BCUT2D eigenvalue weighted by Gasteiger charge is 2.14. The first kappa shape index (κ1) is 22.9. The molecule has 0 aliphatic heterocycles. The Kier molecular flexibility index (Phi) is 8.45. The number of allylic oxidation sites excluding steroid dienone is 1. The number of halogens is 4. The van der Waals surface area contributed by atoms with Crippen LogP contribution in [0.25, 0.3) is 0 Å². The van der Waals surface area contributed by atoms with Gasteiger partial charge in [0.1, 0.15) is 17.4 Å². The van der Waals surface area contributed by atoms with E-state index in [2.05, 4.69) is 16.8 Å². The molecule has 2 aromatic carbocycles. The van der Waals surface area contributed by atoms with Gasteiger partial charge in [-0.3, -0.25) is 0 Å². The maximum atomic E-state index is 14.0. The largest absolute Gasteiger partial charge is 0.492 e. The topological polar surface area (TPSA) is 39.9 Å². The highest BCUT2D eigenvalue weighted by Crippen LogP contribution is 2.29. The van der Waals surface area contributed by atoms with Crippen LogP contribution in [0.5, 0.6) is 5.75 Å². The molecule has 158 valence electrons. The third kappa shape index (κ3) is 5.91. The zero-order chi connectivity index (χ0) is 21.5. The molecule has 0 amide bonds. The minimum Gasteiger partial charge on any atom is -0.492 e. The van der Waals surface area contributed by atoms with Crippen LogP contribution in [0.4, 0.5) is 4.39 Å². The SMILES string of the molecule is C=CCn1c(CCCOc2ccc(Cl)cc2Cl)nnc1SCc1c(F)cccc1Cl. The van der Waals surface area contributed by atoms with Crippen LogP contribution in [0.3, 0.4) is 0 Å². The lowest BCUT2D eigenvalue weighted by atomic mass is 10.2. The van der Waals surface area contributed by atoms with E-state index in [1.165, 1.54) is 17.8 Å². The second-order valence-corrected chi connectivity index (χ2v) is 8.51. The van der Waals surface area contributed by atoms with Crippen molar-refractivity contribution in [1.29, 1.82) is 0 Å². The Morgan fingerprint density at radius 1 is 1.13 bits per heavy atom. The number of nitrogens with zero attached hydrogens (tertiary/aromatic N) is 3. The maximum absolute atomic E-state index is 14.0. The van der Waals surface area contributed by atoms with Crippen LogP contribution < -0.4 is 4.74 Å². The Morgan fingerprint density at radius 2 is 1.97 bits per heavy atom. The van der Waals surface area contributed by atoms with E-state index in [0.29, 0.717) is 56.9 Å². The molecule has 0 aliphatic carbocycles. The Labute approximate surface area is 194 Å². The first-order valence-corrected chi connectivity index (χ1v) is 11.3. The van der Waals surface area contributed by atoms with Gasteiger partial charge in [-0.1, -0.05) is 58.7 Å². The van der Waals surface area contributed by atoms with Crippen molar-refractivity contribution in [1.82, 2.24) is 14.8 Å². The molecule has 4 nitrogen and oxygen atoms in total. The van der Waals surface area contributed by atoms with Crippen molar-refractivity contribution in [2.75, 3.05) is 6.61 Å². The molecule has 0 N–H and O–H groups in total. The molecule has 0 bridgehead atoms. The van der Waals surface area contributed by atoms with Gasteiger partial charge in [0.25, 0.3) is 0 Å². The van der Waals surface area contributed by atoms with Crippen molar-refractivity contribution in [3.63, 3.8) is 0 Å². The highest BCUT2D eigenvalue weighted by atomic mass is 35.5. The van der Waals surface area contributed by atoms with Crippen molar-refractivity contribution in [3.8, 4) is 5.75 Å². The van der Waals surface area contributed by atoms with Crippen molar-refractivity contribution >= 4 is 46.6 Å². The predicted molar refractivity (Wildman–Crippen MR) is 121 cm³/mol. The minimum atomic E-state index is -0.331. The molecule has 3 rings (SSSR count). The third-order valence-electron chi connectivity index (χ3n) is 4.21. The monoisotopic (exact) mass is 485 g/mol. The molecule has 0 saturated heterocycles. The lowest BCUT2D eigenvalue weighted by Crippen LogP contribution is -2.07. The fraction of sp³-hybridized carbons (Fsp3) is 0.238. The van der Waals surface area contributed by atoms with Gasteiger partial charge in [-0.05, 0) is 36.8 Å². The van der Waals surface area contributed by atoms with Gasteiger partial charge in [-0.15, -0.1) is 16.8 Å². The zero-order valence-corrected chi connectivity index (χ0v) is 19.0. The summed E-state index contributed by atoms with van der Waals surface area (Å²) in [5.74, 6) is 1.43. The maximum Gasteiger partial charge on any atom is 0.191 e. The molecule has 0 fully saturated rings. The molecule has 0 radical (unpaired) electrons. The van der Waals surface area contributed by atoms with E-state index in [0.717, 1.165) is 12.2 Å². The second kappa shape index (κ2) is 11.0. The van der Waals surface area contributed by atoms with Crippen LogP contribution in [-0.2, 0) is 18.7 Å². The predicted octanol–water partition coefficient (Wildman–Crippen LogP) is 6.87. The standard InChI is InChI=1S/C21H19Cl3FN3OS/c1-2-10-28-20(7-4-11-29-19-9-8-14(22)12-17(19)24)26-27-21(28)30-13-15-16(23)5-3-6-18(15)25/h2-3,5-6,8-9,12H,1,4,7,10-11,13H2. The first-order valence-electron chi connectivity index (χ1n) is 9.16. The van der Waals surface area contributed by atoms with Crippen LogP contribution in [0.15, 0.2) is 54.2 Å². The molecule has 9 heteroatoms. The molecule has 30 heavy (non-hydrogen) atoms. The van der Waals surface area contributed by atoms with Gasteiger partial charge in [0, 0.05) is 34.3 Å². The van der Waals surface area contributed by atoms with Gasteiger partial charge in [0.15, 0.2) is 5.16 Å². The number of aryl methyl sites for hydroxylation is 1. The van der Waals surface area contributed by atoms with Crippen molar-refractivity contribution in [2.45, 2.75) is 30.3 Å². The average Bonchev–Trinajstić information content (AvgIpc) is 3.08. The number of ether oxygens (including phenoxy) is 1. The number of thioether (sulfide) groups is 1. The van der Waals surface area contributed by atoms with Gasteiger partial charge in [0.2, 0.25) is 0 Å². The van der Waals surface area contributed by atoms with Gasteiger partial charge >= 0.3 is 0 Å². The van der Waals surface area contributed by atoms with Crippen LogP contribution in [0.2, 0.25) is 15.1 Å². The minimum absolute atomic E-state index is 0.331. The molecular weight excluding hydrogens is 468 g/mol. The number of aromatic nitrogens is 3. The smallest absolute Gasteiger partial charge is 0.191 e. The van der Waals surface area contributed by atoms with E-state index in [1.807, 2.05) is 4.57 Å². The Hall–Kier alpha value is -1.73. The number of hydrogen-bond donors (Lipinski definition) is 0. The molecule has 0 spiro atoms. The highest BCUT2D eigenvalue weighted by molar-refractivity contribution is 7.98. The van der Waals surface area contributed by atoms with E-state index >= 15 is 0 Å². The Morgan fingerprint density at radius 3 is 2.70 bits per heavy atom. The van der Waals surface area contributed by atoms with Crippen LogP contribution in [0, 0.1) is 5.82 Å². The molecular formula is C21H19Cl3FN3OS. The molecule has 3 aromatic rings. The molecule has 0 atom stereocenters. The zero-order valence-electron chi connectivity index (χ0n) is 16.0. The molecule has 0 unspecified atom stereocenters. The lowest BCUT2D eigenvalue weighted by Gasteiger charge is -2.10. The molecule has 1 aromatic heterocycles. The van der Waals surface area contributed by atoms with E-state index < -0.39 is 0 Å². The quantitative estimate of drug-likeness (QED) is 0.178. The summed E-state index contributed by atoms with van der Waals surface area (Å²) < 4.78 is 21.7. The molecule has 0 aliphatic rings. The van der Waals surface area contributed by atoms with Crippen LogP contribution >= 0.6 is 46.6 Å². The van der Waals surface area contributed by atoms with E-state index in [9.17, 15) is 4.39 Å². The Balaban J connectivity index is 1.60. The first-order chi connectivity index (χ1) is 14.5. The third-order valence-corrected chi connectivity index (χ3v) is 6.09. The molecule has 1 heterocycles. The number of hydrogen-bond acceptors (Lipinski definition) is 4. The number of rotatable bonds is 10. The van der Waals surface area contributed by atoms with Gasteiger partial charge in [-0.25, -0.2) is 4.39 Å². The normalized spacial score (nSPS) is 10.9. The van der Waals surface area contributed by atoms with Gasteiger partial charge in [0.05, 0.1) is 11.6 Å². The average molecular weight is 487 g/mol. The fourth-order valence-corrected chi connectivity index (χ4v) is 4.51. The van der Waals surface area contributed by atoms with Gasteiger partial charge < -0.3 is 9.30 Å². The van der Waals surface area contributed by atoms with E-state index in [1.54, 1.807) is 36.4 Å². The summed E-state index contributed by atoms with van der Waals surface area (Å²) in [6.45, 7) is 4.82. The van der Waals surface area contributed by atoms with Crippen LogP contribution in [-0.4, -0.2) is 21.4 Å². The summed E-state index contributed by atoms with van der Waals surface area (Å²) in [5, 5.41) is 10.7. The molecule has 0 saturated carbocycles. The summed E-state index contributed by atoms with van der Waals surface area (Å²) in [6, 6.07) is 9.78. The summed E-state index contributed by atoms with van der Waals surface area (Å²) in [6.07, 6.45) is 3.15. The second-order valence-electron chi connectivity index (χ2n) is 6.31. The Bertz CT molecular complexity index is 1010. The number of benzene rings is 2. The summed E-state index contributed by atoms with van der Waals surface area (Å²) in [7, 11) is 0. The summed E-state index contributed by atoms with van der Waals surface area (Å²) in [5.41, 5.74) is 0.451. The lowest BCUT2D eigenvalue weighted by molar-refractivity contribution is 0.309. The summed E-state index contributed by atoms with van der Waals surface area (Å²) in [4.78, 5) is 0. The van der Waals surface area contributed by atoms with Crippen LogP contribution in [0.1, 0.15) is 17.8 Å². The van der Waals surface area contributed by atoms with E-state index in [4.69, 9.17) is 39.5 Å². The summed E-state index contributed by atoms with van der Waals surface area (Å²) >= 11 is 19.5. The van der Waals surface area contributed by atoms with Gasteiger partial charge in [-0.2, -0.15) is 0 Å². The van der Waals surface area contributed by atoms with E-state index in [-0.39, 0.29) is 5.82 Å². The van der Waals surface area contributed by atoms with Crippen molar-refractivity contribution < 1.29 is 9.13 Å². The van der Waals surface area contributed by atoms with Crippen molar-refractivity contribution in [3.05, 3.63) is 81.3 Å². The fourth-order valence-electron chi connectivity index (χ4n) is 2.73. The van der Waals surface area contributed by atoms with Crippen molar-refractivity contribution in [2.24, 2.45) is 0 Å².